The molecule has 4 bridgehead atoms. The lowest BCUT2D eigenvalue weighted by Gasteiger charge is -2.66. The third-order valence-electron chi connectivity index (χ3n) is 8.07. The fraction of sp³-hybridized carbons (Fsp3) is 0.652. The molecule has 0 aromatic heterocycles. The normalized spacial score (nSPS) is 47.0. The van der Waals surface area contributed by atoms with Crippen molar-refractivity contribution in [3.63, 3.8) is 0 Å². The smallest absolute Gasteiger partial charge is 0.338 e. The summed E-state index contributed by atoms with van der Waals surface area (Å²) >= 11 is 0. The molecule has 11 nitrogen and oxygen atoms in total. The molecule has 34 heavy (non-hydrogen) atoms. The highest BCUT2D eigenvalue weighted by molar-refractivity contribution is 5.90. The van der Waals surface area contributed by atoms with Crippen LogP contribution in [0.25, 0.3) is 0 Å². The number of ether oxygens (including phenoxy) is 4. The lowest BCUT2D eigenvalue weighted by molar-refractivity contribution is -0.394. The van der Waals surface area contributed by atoms with Gasteiger partial charge in [0.05, 0.1) is 18.3 Å². The SMILES string of the molecule is C[C@]12C[C@@H](O)[C@@H]3CC1(OC1OC(CO)C(O)C(O)C1O)C3(COC(=O)c1ccccc1)C(=O)O2. The summed E-state index contributed by atoms with van der Waals surface area (Å²) in [7, 11) is 0. The van der Waals surface area contributed by atoms with Crippen LogP contribution in [0.4, 0.5) is 0 Å². The fourth-order valence-electron chi connectivity index (χ4n) is 6.19. The fourth-order valence-corrected chi connectivity index (χ4v) is 6.19. The number of carbonyl (C=O) groups excluding carboxylic acids is 2. The Labute approximate surface area is 194 Å². The van der Waals surface area contributed by atoms with Crippen molar-refractivity contribution in [1.29, 1.82) is 0 Å². The molecule has 2 heterocycles. The molecule has 5 aliphatic rings. The second kappa shape index (κ2) is 7.95. The van der Waals surface area contributed by atoms with Crippen LogP contribution in [0, 0.1) is 11.3 Å². The quantitative estimate of drug-likeness (QED) is 0.300. The summed E-state index contributed by atoms with van der Waals surface area (Å²) in [5.74, 6) is -2.00. The summed E-state index contributed by atoms with van der Waals surface area (Å²) in [5, 5.41) is 51.0. The Hall–Kier alpha value is -2.12. The van der Waals surface area contributed by atoms with E-state index in [1.165, 1.54) is 0 Å². The van der Waals surface area contributed by atoms with E-state index in [1.54, 1.807) is 37.3 Å². The number of carbonyl (C=O) groups is 2. The number of hydrogen-bond acceptors (Lipinski definition) is 11. The summed E-state index contributed by atoms with van der Waals surface area (Å²) in [6.45, 7) is 0.508. The number of rotatable bonds is 6. The predicted molar refractivity (Wildman–Crippen MR) is 110 cm³/mol. The van der Waals surface area contributed by atoms with E-state index in [-0.39, 0.29) is 18.4 Å². The minimum absolute atomic E-state index is 0.0508. The van der Waals surface area contributed by atoms with E-state index in [2.05, 4.69) is 0 Å². The Morgan fingerprint density at radius 2 is 1.79 bits per heavy atom. The maximum Gasteiger partial charge on any atom is 0.338 e. The number of hydrogen-bond donors (Lipinski definition) is 5. The summed E-state index contributed by atoms with van der Waals surface area (Å²) < 4.78 is 22.9. The van der Waals surface area contributed by atoms with Gasteiger partial charge in [0.2, 0.25) is 0 Å². The molecule has 11 heteroatoms. The van der Waals surface area contributed by atoms with Gasteiger partial charge in [-0.05, 0) is 25.5 Å². The molecule has 1 aromatic carbocycles. The number of aliphatic hydroxyl groups is 5. The van der Waals surface area contributed by atoms with E-state index in [0.717, 1.165) is 0 Å². The molecule has 3 saturated carbocycles. The van der Waals surface area contributed by atoms with Crippen molar-refractivity contribution in [2.45, 2.75) is 67.8 Å². The highest BCUT2D eigenvalue weighted by Crippen LogP contribution is 2.73. The molecule has 2 aliphatic heterocycles. The summed E-state index contributed by atoms with van der Waals surface area (Å²) in [6.07, 6.45) is -8.41. The summed E-state index contributed by atoms with van der Waals surface area (Å²) in [4.78, 5) is 25.9. The van der Waals surface area contributed by atoms with Crippen molar-refractivity contribution < 1.29 is 54.1 Å². The molecule has 2 saturated heterocycles. The van der Waals surface area contributed by atoms with Crippen LogP contribution in [-0.4, -0.2) is 98.7 Å². The number of esters is 2. The van der Waals surface area contributed by atoms with Gasteiger partial charge in [0, 0.05) is 12.3 Å². The van der Waals surface area contributed by atoms with Gasteiger partial charge in [-0.2, -0.15) is 0 Å². The molecule has 1 aromatic rings. The van der Waals surface area contributed by atoms with E-state index in [4.69, 9.17) is 18.9 Å². The minimum atomic E-state index is -1.69. The molecule has 7 unspecified atom stereocenters. The van der Waals surface area contributed by atoms with Gasteiger partial charge < -0.3 is 44.5 Å². The number of aliphatic hydroxyl groups excluding tert-OH is 5. The van der Waals surface area contributed by atoms with E-state index in [9.17, 15) is 35.1 Å². The summed E-state index contributed by atoms with van der Waals surface area (Å²) in [5.41, 5.74) is -4.08. The van der Waals surface area contributed by atoms with Crippen LogP contribution < -0.4 is 0 Å². The maximum atomic E-state index is 13.2. The van der Waals surface area contributed by atoms with Crippen LogP contribution in [0.1, 0.15) is 30.1 Å². The van der Waals surface area contributed by atoms with Crippen LogP contribution in [0.15, 0.2) is 30.3 Å². The first-order chi connectivity index (χ1) is 16.1. The van der Waals surface area contributed by atoms with Crippen LogP contribution >= 0.6 is 0 Å². The molecule has 3 aliphatic carbocycles. The first kappa shape index (κ1) is 23.6. The van der Waals surface area contributed by atoms with Crippen LogP contribution in [0.3, 0.4) is 0 Å². The van der Waals surface area contributed by atoms with E-state index < -0.39 is 84.5 Å². The molecule has 0 radical (unpaired) electrons. The molecular weight excluding hydrogens is 452 g/mol. The van der Waals surface area contributed by atoms with Crippen LogP contribution in [-0.2, 0) is 23.7 Å². The van der Waals surface area contributed by atoms with Gasteiger partial charge in [0.1, 0.15) is 47.6 Å². The zero-order valence-corrected chi connectivity index (χ0v) is 18.4. The van der Waals surface area contributed by atoms with Gasteiger partial charge >= 0.3 is 11.9 Å². The minimum Gasteiger partial charge on any atom is -0.461 e. The Morgan fingerprint density at radius 3 is 2.47 bits per heavy atom. The van der Waals surface area contributed by atoms with Crippen molar-refractivity contribution in [1.82, 2.24) is 0 Å². The third kappa shape index (κ3) is 2.95. The second-order valence-electron chi connectivity index (χ2n) is 9.76. The lowest BCUT2D eigenvalue weighted by Crippen LogP contribution is -2.80. The Morgan fingerprint density at radius 1 is 1.09 bits per heavy atom. The number of fused-ring (bicyclic) bond motifs is 1. The average Bonchev–Trinajstić information content (AvgIpc) is 2.88. The van der Waals surface area contributed by atoms with Crippen LogP contribution in [0.2, 0.25) is 0 Å². The molecule has 5 fully saturated rings. The van der Waals surface area contributed by atoms with Crippen molar-refractivity contribution >= 4 is 11.9 Å². The molecule has 5 N–H and O–H groups in total. The van der Waals surface area contributed by atoms with Gasteiger partial charge in [0.25, 0.3) is 0 Å². The van der Waals surface area contributed by atoms with Gasteiger partial charge in [-0.3, -0.25) is 4.79 Å². The van der Waals surface area contributed by atoms with Crippen molar-refractivity contribution in [3.05, 3.63) is 35.9 Å². The van der Waals surface area contributed by atoms with Crippen molar-refractivity contribution in [2.24, 2.45) is 11.3 Å². The third-order valence-corrected chi connectivity index (χ3v) is 8.07. The predicted octanol–water partition coefficient (Wildman–Crippen LogP) is -1.51. The maximum absolute atomic E-state index is 13.2. The molecule has 0 amide bonds. The van der Waals surface area contributed by atoms with Crippen molar-refractivity contribution in [3.8, 4) is 0 Å². The Kier molecular flexibility index (Phi) is 5.52. The number of benzene rings is 1. The van der Waals surface area contributed by atoms with Gasteiger partial charge in [-0.1, -0.05) is 18.2 Å². The van der Waals surface area contributed by atoms with Gasteiger partial charge in [-0.15, -0.1) is 0 Å². The van der Waals surface area contributed by atoms with Gasteiger partial charge in [0.15, 0.2) is 6.29 Å². The molecular formula is C23H28O11. The first-order valence-corrected chi connectivity index (χ1v) is 11.2. The zero-order chi connectivity index (χ0) is 24.5. The van der Waals surface area contributed by atoms with E-state index in [1.807, 2.05) is 0 Å². The molecule has 10 atom stereocenters. The van der Waals surface area contributed by atoms with Crippen molar-refractivity contribution in [2.75, 3.05) is 13.2 Å². The molecule has 186 valence electrons. The standard InChI is InChI=1S/C23H28O11/c1-21-8-13(25)12-7-23(21,33-19-17(28)16(27)15(26)14(9-24)32-19)22(12,20(30)34-21)10-31-18(29)11-5-3-2-4-6-11/h2-6,12-17,19,24-28H,7-10H2,1H3/t12-,13+,14?,15?,16?,17?,19?,21-,22?,23?/m0/s1. The topological polar surface area (TPSA) is 172 Å². The molecule has 0 spiro atoms. The highest BCUT2D eigenvalue weighted by Gasteiger charge is 2.88. The monoisotopic (exact) mass is 480 g/mol. The largest absolute Gasteiger partial charge is 0.461 e. The average molecular weight is 480 g/mol. The Bertz CT molecular complexity index is 969. The summed E-state index contributed by atoms with van der Waals surface area (Å²) in [6, 6.07) is 8.20. The van der Waals surface area contributed by atoms with Gasteiger partial charge in [-0.25, -0.2) is 4.79 Å². The molecule has 6 rings (SSSR count). The highest BCUT2D eigenvalue weighted by atomic mass is 16.7. The zero-order valence-electron chi connectivity index (χ0n) is 18.4. The second-order valence-corrected chi connectivity index (χ2v) is 9.76. The first-order valence-electron chi connectivity index (χ1n) is 11.2. The van der Waals surface area contributed by atoms with E-state index in [0.29, 0.717) is 0 Å². The Balaban J connectivity index is 1.46. The lowest BCUT2D eigenvalue weighted by atomic mass is 9.40. The van der Waals surface area contributed by atoms with E-state index >= 15 is 0 Å². The van der Waals surface area contributed by atoms with Crippen LogP contribution in [0.5, 0.6) is 0 Å².